The van der Waals surface area contributed by atoms with E-state index < -0.39 is 28.9 Å². The van der Waals surface area contributed by atoms with Gasteiger partial charge in [-0.05, 0) is 24.3 Å². The molecule has 0 atom stereocenters. The van der Waals surface area contributed by atoms with Crippen molar-refractivity contribution in [1.29, 1.82) is 5.26 Å². The zero-order valence-electron chi connectivity index (χ0n) is 12.5. The van der Waals surface area contributed by atoms with Crippen LogP contribution in [0.25, 0.3) is 5.76 Å². The smallest absolute Gasteiger partial charge is 0.270 e. The number of hydrogen-bond donors (Lipinski definition) is 2. The number of halogens is 2. The van der Waals surface area contributed by atoms with Crippen molar-refractivity contribution >= 4 is 17.4 Å². The minimum atomic E-state index is -1.02. The Labute approximate surface area is 136 Å². The lowest BCUT2D eigenvalue weighted by Gasteiger charge is -2.08. The molecule has 122 valence electrons. The number of amides is 1. The number of hydrogen-bond acceptors (Lipinski definition) is 4. The number of nitriles is 1. The number of nitrogens with zero attached hydrogens (tertiary/aromatic N) is 1. The normalized spacial score (nSPS) is 11.2. The summed E-state index contributed by atoms with van der Waals surface area (Å²) in [6.45, 7) is 0. The Morgan fingerprint density at radius 2 is 2.00 bits per heavy atom. The molecule has 5 nitrogen and oxygen atoms in total. The van der Waals surface area contributed by atoms with Crippen molar-refractivity contribution in [3.8, 4) is 11.8 Å². The van der Waals surface area contributed by atoms with Gasteiger partial charge in [0.15, 0.2) is 5.57 Å². The number of methoxy groups -OCH3 is 1. The van der Waals surface area contributed by atoms with Crippen LogP contribution in [0.2, 0.25) is 0 Å². The van der Waals surface area contributed by atoms with Gasteiger partial charge in [-0.15, -0.1) is 0 Å². The molecule has 7 heteroatoms. The maximum atomic E-state index is 13.6. The van der Waals surface area contributed by atoms with Crippen molar-refractivity contribution in [1.82, 2.24) is 0 Å². The Hall–Kier alpha value is -3.40. The number of rotatable bonds is 4. The first-order valence-corrected chi connectivity index (χ1v) is 6.70. The van der Waals surface area contributed by atoms with E-state index in [1.165, 1.54) is 19.2 Å². The van der Waals surface area contributed by atoms with Crippen molar-refractivity contribution in [2.75, 3.05) is 12.4 Å². The van der Waals surface area contributed by atoms with E-state index in [0.29, 0.717) is 11.8 Å². The predicted octanol–water partition coefficient (Wildman–Crippen LogP) is 3.40. The summed E-state index contributed by atoms with van der Waals surface area (Å²) in [5.74, 6) is -3.00. The molecule has 2 aromatic rings. The highest BCUT2D eigenvalue weighted by atomic mass is 19.1. The fourth-order valence-corrected chi connectivity index (χ4v) is 1.90. The first kappa shape index (κ1) is 17.0. The second-order valence-corrected chi connectivity index (χ2v) is 4.65. The molecule has 0 unspecified atom stereocenters. The maximum Gasteiger partial charge on any atom is 0.270 e. The molecule has 0 aliphatic rings. The number of ether oxygens (including phenoxy) is 1. The van der Waals surface area contributed by atoms with Gasteiger partial charge in [0.25, 0.3) is 5.91 Å². The molecule has 0 heterocycles. The number of carbonyl (C=O) groups excluding carboxylic acids is 1. The Kier molecular flexibility index (Phi) is 5.12. The van der Waals surface area contributed by atoms with Crippen LogP contribution in [0, 0.1) is 23.0 Å². The Bertz CT molecular complexity index is 857. The standard InChI is InChI=1S/C17H12F2N2O3/c1-24-12-4-2-3-10(7-12)16(22)13(9-20)17(23)21-15-6-5-11(18)8-14(15)19/h2-8,22H,1H3,(H,21,23)/b16-13-. The lowest BCUT2D eigenvalue weighted by atomic mass is 10.1. The molecular weight excluding hydrogens is 318 g/mol. The second-order valence-electron chi connectivity index (χ2n) is 4.65. The third kappa shape index (κ3) is 3.67. The highest BCUT2D eigenvalue weighted by Gasteiger charge is 2.18. The summed E-state index contributed by atoms with van der Waals surface area (Å²) in [6, 6.07) is 10.2. The lowest BCUT2D eigenvalue weighted by Crippen LogP contribution is -2.16. The third-order valence-corrected chi connectivity index (χ3v) is 3.10. The van der Waals surface area contributed by atoms with Crippen LogP contribution >= 0.6 is 0 Å². The van der Waals surface area contributed by atoms with Gasteiger partial charge in [0, 0.05) is 11.6 Å². The lowest BCUT2D eigenvalue weighted by molar-refractivity contribution is -0.112. The van der Waals surface area contributed by atoms with E-state index in [4.69, 9.17) is 10.00 Å². The monoisotopic (exact) mass is 330 g/mol. The number of benzene rings is 2. The number of carbonyl (C=O) groups is 1. The first-order valence-electron chi connectivity index (χ1n) is 6.70. The molecular formula is C17H12F2N2O3. The van der Waals surface area contributed by atoms with Crippen LogP contribution < -0.4 is 10.1 Å². The molecule has 0 aliphatic carbocycles. The molecule has 0 fully saturated rings. The Morgan fingerprint density at radius 3 is 2.62 bits per heavy atom. The summed E-state index contributed by atoms with van der Waals surface area (Å²) in [4.78, 5) is 12.1. The molecule has 0 spiro atoms. The van der Waals surface area contributed by atoms with Crippen LogP contribution in [0.15, 0.2) is 48.0 Å². The summed E-state index contributed by atoms with van der Waals surface area (Å²) in [6.07, 6.45) is 0. The summed E-state index contributed by atoms with van der Waals surface area (Å²) in [5.41, 5.74) is -0.750. The summed E-state index contributed by atoms with van der Waals surface area (Å²) in [5, 5.41) is 21.4. The fraction of sp³-hybridized carbons (Fsp3) is 0.0588. The molecule has 0 saturated carbocycles. The van der Waals surface area contributed by atoms with Gasteiger partial charge in [-0.1, -0.05) is 12.1 Å². The maximum absolute atomic E-state index is 13.6. The molecule has 2 rings (SSSR count). The van der Waals surface area contributed by atoms with Crippen LogP contribution in [-0.2, 0) is 4.79 Å². The van der Waals surface area contributed by atoms with Gasteiger partial charge in [0.05, 0.1) is 12.8 Å². The van der Waals surface area contributed by atoms with Crippen LogP contribution in [0.4, 0.5) is 14.5 Å². The highest BCUT2D eigenvalue weighted by molar-refractivity contribution is 6.11. The van der Waals surface area contributed by atoms with Crippen molar-refractivity contribution in [2.45, 2.75) is 0 Å². The molecule has 0 aromatic heterocycles. The van der Waals surface area contributed by atoms with Crippen LogP contribution in [0.5, 0.6) is 5.75 Å². The topological polar surface area (TPSA) is 82.3 Å². The van der Waals surface area contributed by atoms with E-state index in [1.54, 1.807) is 18.2 Å². The molecule has 2 aromatic carbocycles. The van der Waals surface area contributed by atoms with Gasteiger partial charge in [0.1, 0.15) is 29.2 Å². The third-order valence-electron chi connectivity index (χ3n) is 3.10. The SMILES string of the molecule is COc1cccc(/C(O)=C(\C#N)C(=O)Nc2ccc(F)cc2F)c1. The predicted molar refractivity (Wildman–Crippen MR) is 83.1 cm³/mol. The van der Waals surface area contributed by atoms with Gasteiger partial charge in [-0.3, -0.25) is 4.79 Å². The minimum absolute atomic E-state index is 0.181. The van der Waals surface area contributed by atoms with Gasteiger partial charge >= 0.3 is 0 Å². The Balaban J connectivity index is 2.35. The van der Waals surface area contributed by atoms with Crippen molar-refractivity contribution in [3.05, 3.63) is 65.2 Å². The molecule has 0 aliphatic heterocycles. The highest BCUT2D eigenvalue weighted by Crippen LogP contribution is 2.22. The Morgan fingerprint density at radius 1 is 1.25 bits per heavy atom. The second kappa shape index (κ2) is 7.24. The zero-order chi connectivity index (χ0) is 17.7. The van der Waals surface area contributed by atoms with E-state index >= 15 is 0 Å². The van der Waals surface area contributed by atoms with Crippen LogP contribution in [0.3, 0.4) is 0 Å². The van der Waals surface area contributed by atoms with Gasteiger partial charge in [0.2, 0.25) is 0 Å². The van der Waals surface area contributed by atoms with Crippen molar-refractivity contribution < 1.29 is 23.4 Å². The van der Waals surface area contributed by atoms with Crippen LogP contribution in [-0.4, -0.2) is 18.1 Å². The molecule has 2 N–H and O–H groups in total. The fourth-order valence-electron chi connectivity index (χ4n) is 1.90. The van der Waals surface area contributed by atoms with E-state index in [9.17, 15) is 18.7 Å². The quantitative estimate of drug-likeness (QED) is 0.511. The molecule has 0 saturated heterocycles. The van der Waals surface area contributed by atoms with Crippen molar-refractivity contribution in [2.24, 2.45) is 0 Å². The van der Waals surface area contributed by atoms with E-state index in [2.05, 4.69) is 5.32 Å². The number of nitrogens with one attached hydrogen (secondary N) is 1. The zero-order valence-corrected chi connectivity index (χ0v) is 12.5. The number of aliphatic hydroxyl groups excluding tert-OH is 1. The molecule has 1 amide bonds. The average molecular weight is 330 g/mol. The van der Waals surface area contributed by atoms with Gasteiger partial charge in [-0.25, -0.2) is 8.78 Å². The molecule has 0 radical (unpaired) electrons. The van der Waals surface area contributed by atoms with Crippen LogP contribution in [0.1, 0.15) is 5.56 Å². The first-order chi connectivity index (χ1) is 11.5. The van der Waals surface area contributed by atoms with Gasteiger partial charge in [-0.2, -0.15) is 5.26 Å². The summed E-state index contributed by atoms with van der Waals surface area (Å²) >= 11 is 0. The summed E-state index contributed by atoms with van der Waals surface area (Å²) in [7, 11) is 1.43. The summed E-state index contributed by atoms with van der Waals surface area (Å²) < 4.78 is 31.4. The number of anilines is 1. The average Bonchev–Trinajstić information content (AvgIpc) is 2.58. The van der Waals surface area contributed by atoms with Gasteiger partial charge < -0.3 is 15.2 Å². The van der Waals surface area contributed by atoms with Crippen molar-refractivity contribution in [3.63, 3.8) is 0 Å². The van der Waals surface area contributed by atoms with E-state index in [1.807, 2.05) is 0 Å². The number of aliphatic hydroxyl groups is 1. The molecule has 0 bridgehead atoms. The molecule has 24 heavy (non-hydrogen) atoms. The van der Waals surface area contributed by atoms with E-state index in [-0.39, 0.29) is 11.3 Å². The minimum Gasteiger partial charge on any atom is -0.506 e. The van der Waals surface area contributed by atoms with E-state index in [0.717, 1.165) is 12.1 Å². The largest absolute Gasteiger partial charge is 0.506 e.